The van der Waals surface area contributed by atoms with Gasteiger partial charge >= 0.3 is 0 Å². The fourth-order valence-electron chi connectivity index (χ4n) is 2.45. The van der Waals surface area contributed by atoms with Crippen molar-refractivity contribution in [2.24, 2.45) is 0 Å². The zero-order chi connectivity index (χ0) is 17.5. The summed E-state index contributed by atoms with van der Waals surface area (Å²) >= 11 is 0. The van der Waals surface area contributed by atoms with Crippen molar-refractivity contribution in [3.63, 3.8) is 0 Å². The molecule has 2 aromatic carbocycles. The van der Waals surface area contributed by atoms with Crippen molar-refractivity contribution in [1.82, 2.24) is 8.96 Å². The van der Waals surface area contributed by atoms with Crippen LogP contribution in [0.3, 0.4) is 0 Å². The molecule has 124 valence electrons. The van der Waals surface area contributed by atoms with Crippen LogP contribution in [0.4, 0.5) is 5.95 Å². The molecule has 6 nitrogen and oxygen atoms in total. The molecule has 0 unspecified atom stereocenters. The first-order valence-electron chi connectivity index (χ1n) is 7.44. The van der Waals surface area contributed by atoms with E-state index in [0.717, 1.165) is 3.97 Å². The normalized spacial score (nSPS) is 12.0. The molecule has 0 saturated heterocycles. The molecule has 0 atom stereocenters. The van der Waals surface area contributed by atoms with Gasteiger partial charge in [-0.15, -0.1) is 0 Å². The average molecular weight is 343 g/mol. The number of aromatic nitrogens is 2. The lowest BCUT2D eigenvalue weighted by Crippen LogP contribution is -2.23. The number of nitrogens with two attached hydrogens (primary N) is 1. The van der Waals surface area contributed by atoms with Crippen LogP contribution in [0, 0.1) is 0 Å². The van der Waals surface area contributed by atoms with Gasteiger partial charge in [0.2, 0.25) is 16.0 Å². The first kappa shape index (κ1) is 16.2. The van der Waals surface area contributed by atoms with Crippen molar-refractivity contribution in [1.29, 1.82) is 0 Å². The lowest BCUT2D eigenvalue weighted by Gasteiger charge is -2.11. The van der Waals surface area contributed by atoms with E-state index in [0.29, 0.717) is 22.2 Å². The highest BCUT2D eigenvalue weighted by molar-refractivity contribution is 7.90. The summed E-state index contributed by atoms with van der Waals surface area (Å²) in [5, 5.41) is -0.661. The summed E-state index contributed by atoms with van der Waals surface area (Å²) in [5.74, 6) is -0.297. The Hall–Kier alpha value is -2.67. The summed E-state index contributed by atoms with van der Waals surface area (Å²) in [7, 11) is -3.68. The van der Waals surface area contributed by atoms with Crippen molar-refractivity contribution in [2.45, 2.75) is 19.1 Å². The van der Waals surface area contributed by atoms with Gasteiger partial charge in [-0.3, -0.25) is 4.79 Å². The van der Waals surface area contributed by atoms with E-state index in [4.69, 9.17) is 5.73 Å². The Morgan fingerprint density at radius 1 is 1.08 bits per heavy atom. The third-order valence-corrected chi connectivity index (χ3v) is 5.87. The van der Waals surface area contributed by atoms with Gasteiger partial charge in [0.15, 0.2) is 5.78 Å². The number of rotatable bonds is 4. The predicted octanol–water partition coefficient (Wildman–Crippen LogP) is 2.44. The number of carbonyl (C=O) groups is 1. The van der Waals surface area contributed by atoms with Gasteiger partial charge in [0, 0.05) is 11.1 Å². The summed E-state index contributed by atoms with van der Waals surface area (Å²) in [4.78, 5) is 16.7. The summed E-state index contributed by atoms with van der Waals surface area (Å²) in [6, 6.07) is 13.5. The van der Waals surface area contributed by atoms with Gasteiger partial charge in [-0.25, -0.2) is 17.4 Å². The van der Waals surface area contributed by atoms with Gasteiger partial charge in [0.05, 0.1) is 16.3 Å². The molecule has 0 saturated carbocycles. The molecule has 0 fully saturated rings. The number of anilines is 1. The topological polar surface area (TPSA) is 95.1 Å². The highest BCUT2D eigenvalue weighted by Gasteiger charge is 2.25. The number of carbonyl (C=O) groups excluding carboxylic acids is 1. The lowest BCUT2D eigenvalue weighted by molar-refractivity contribution is 0.103. The molecule has 3 aromatic rings. The van der Waals surface area contributed by atoms with Crippen molar-refractivity contribution in [3.05, 3.63) is 59.7 Å². The fraction of sp³-hybridized carbons (Fsp3) is 0.176. The smallest absolute Gasteiger partial charge is 0.244 e. The number of nitrogens with zero attached hydrogens (tertiary/aromatic N) is 2. The van der Waals surface area contributed by atoms with Crippen LogP contribution in [0.5, 0.6) is 0 Å². The zero-order valence-corrected chi connectivity index (χ0v) is 14.1. The Labute approximate surface area is 140 Å². The molecule has 0 aliphatic carbocycles. The molecule has 1 heterocycles. The maximum Gasteiger partial charge on any atom is 0.244 e. The van der Waals surface area contributed by atoms with Crippen LogP contribution in [0.25, 0.3) is 11.0 Å². The van der Waals surface area contributed by atoms with E-state index in [1.807, 2.05) is 6.07 Å². The zero-order valence-electron chi connectivity index (χ0n) is 13.3. The van der Waals surface area contributed by atoms with E-state index in [1.54, 1.807) is 50.2 Å². The summed E-state index contributed by atoms with van der Waals surface area (Å²) < 4.78 is 26.1. The van der Waals surface area contributed by atoms with Crippen molar-refractivity contribution in [2.75, 3.05) is 5.73 Å². The number of benzene rings is 2. The van der Waals surface area contributed by atoms with E-state index in [-0.39, 0.29) is 11.7 Å². The van der Waals surface area contributed by atoms with Crippen LogP contribution in [0.15, 0.2) is 48.5 Å². The van der Waals surface area contributed by atoms with E-state index >= 15 is 0 Å². The average Bonchev–Trinajstić information content (AvgIpc) is 2.90. The van der Waals surface area contributed by atoms with Crippen LogP contribution in [-0.2, 0) is 10.0 Å². The third kappa shape index (κ3) is 2.56. The largest absolute Gasteiger partial charge is 0.368 e. The lowest BCUT2D eigenvalue weighted by atomic mass is 10.0. The second kappa shape index (κ2) is 5.76. The maximum absolute atomic E-state index is 12.6. The summed E-state index contributed by atoms with van der Waals surface area (Å²) in [6.45, 7) is 3.14. The van der Waals surface area contributed by atoms with Gasteiger partial charge in [0.1, 0.15) is 0 Å². The fourth-order valence-corrected chi connectivity index (χ4v) is 3.59. The van der Waals surface area contributed by atoms with Gasteiger partial charge in [-0.05, 0) is 32.0 Å². The molecule has 0 amide bonds. The quantitative estimate of drug-likeness (QED) is 0.734. The Kier molecular flexibility index (Phi) is 3.88. The number of hydrogen-bond donors (Lipinski definition) is 1. The number of nitrogen functional groups attached to an aromatic ring is 1. The monoisotopic (exact) mass is 343 g/mol. The molecule has 0 aliphatic heterocycles. The molecule has 0 spiro atoms. The minimum Gasteiger partial charge on any atom is -0.368 e. The van der Waals surface area contributed by atoms with Crippen LogP contribution in [-0.4, -0.2) is 28.4 Å². The molecular weight excluding hydrogens is 326 g/mol. The third-order valence-electron chi connectivity index (χ3n) is 3.79. The molecule has 24 heavy (non-hydrogen) atoms. The van der Waals surface area contributed by atoms with E-state index in [2.05, 4.69) is 4.98 Å². The minimum atomic E-state index is -3.68. The number of ketones is 1. The maximum atomic E-state index is 12.6. The summed E-state index contributed by atoms with van der Waals surface area (Å²) in [6.07, 6.45) is 0. The van der Waals surface area contributed by atoms with Crippen molar-refractivity contribution < 1.29 is 13.2 Å². The van der Waals surface area contributed by atoms with E-state index in [1.165, 1.54) is 6.07 Å². The highest BCUT2D eigenvalue weighted by atomic mass is 32.2. The summed E-state index contributed by atoms with van der Waals surface area (Å²) in [5.41, 5.74) is 7.46. The molecule has 0 radical (unpaired) electrons. The van der Waals surface area contributed by atoms with Crippen LogP contribution in [0.1, 0.15) is 29.8 Å². The van der Waals surface area contributed by atoms with Gasteiger partial charge < -0.3 is 5.73 Å². The molecule has 3 rings (SSSR count). The molecule has 0 bridgehead atoms. The highest BCUT2D eigenvalue weighted by Crippen LogP contribution is 2.24. The predicted molar refractivity (Wildman–Crippen MR) is 93.5 cm³/mol. The number of hydrogen-bond acceptors (Lipinski definition) is 5. The molecule has 7 heteroatoms. The van der Waals surface area contributed by atoms with Crippen molar-refractivity contribution >= 4 is 32.8 Å². The first-order chi connectivity index (χ1) is 11.3. The molecule has 1 aromatic heterocycles. The van der Waals surface area contributed by atoms with E-state index in [9.17, 15) is 13.2 Å². The second-order valence-corrected chi connectivity index (χ2v) is 8.06. The minimum absolute atomic E-state index is 0.108. The molecular formula is C17H17N3O3S. The van der Waals surface area contributed by atoms with Crippen LogP contribution in [0.2, 0.25) is 0 Å². The van der Waals surface area contributed by atoms with Crippen LogP contribution >= 0.6 is 0 Å². The van der Waals surface area contributed by atoms with Gasteiger partial charge in [0.25, 0.3) is 0 Å². The SMILES string of the molecule is CC(C)S(=O)(=O)n1c(N)nc2ccc(C(=O)c3ccccc3)cc21. The Bertz CT molecular complexity index is 1020. The number of imidazole rings is 1. The molecule has 0 aliphatic rings. The Morgan fingerprint density at radius 3 is 2.38 bits per heavy atom. The van der Waals surface area contributed by atoms with Gasteiger partial charge in [-0.1, -0.05) is 30.3 Å². The Balaban J connectivity index is 2.20. The van der Waals surface area contributed by atoms with Crippen LogP contribution < -0.4 is 5.73 Å². The van der Waals surface area contributed by atoms with Crippen molar-refractivity contribution in [3.8, 4) is 0 Å². The number of fused-ring (bicyclic) bond motifs is 1. The second-order valence-electron chi connectivity index (χ2n) is 5.73. The van der Waals surface area contributed by atoms with Gasteiger partial charge in [-0.2, -0.15) is 0 Å². The standard InChI is InChI=1S/C17H17N3O3S/c1-11(2)24(22,23)20-15-10-13(8-9-14(15)19-17(20)18)16(21)12-6-4-3-5-7-12/h3-11H,1-2H3,(H2,18,19). The van der Waals surface area contributed by atoms with E-state index < -0.39 is 15.3 Å². The Morgan fingerprint density at radius 2 is 1.75 bits per heavy atom. The first-order valence-corrected chi connectivity index (χ1v) is 8.95. The molecule has 2 N–H and O–H groups in total.